The van der Waals surface area contributed by atoms with E-state index in [0.29, 0.717) is 34.8 Å². The van der Waals surface area contributed by atoms with E-state index in [9.17, 15) is 4.79 Å². The third kappa shape index (κ3) is 3.73. The molecule has 152 valence electrons. The Morgan fingerprint density at radius 2 is 2.00 bits per heavy atom. The lowest BCUT2D eigenvalue weighted by molar-refractivity contribution is 0.0921. The number of benzene rings is 2. The molecule has 0 spiro atoms. The van der Waals surface area contributed by atoms with Crippen molar-refractivity contribution in [3.63, 3.8) is 0 Å². The number of carbonyl (C=O) groups excluding carboxylic acids is 1. The van der Waals surface area contributed by atoms with E-state index in [2.05, 4.69) is 10.3 Å². The molecule has 0 unspecified atom stereocenters. The van der Waals surface area contributed by atoms with E-state index < -0.39 is 0 Å². The summed E-state index contributed by atoms with van der Waals surface area (Å²) in [5, 5.41) is 3.42. The fourth-order valence-corrected chi connectivity index (χ4v) is 3.88. The molecule has 1 amide bonds. The van der Waals surface area contributed by atoms with Gasteiger partial charge in [0, 0.05) is 6.54 Å². The number of ether oxygens (including phenoxy) is 2. The van der Waals surface area contributed by atoms with Crippen LogP contribution in [-0.2, 0) is 12.3 Å². The predicted molar refractivity (Wildman–Crippen MR) is 111 cm³/mol. The summed E-state index contributed by atoms with van der Waals surface area (Å²) in [5.41, 5.74) is 3.62. The molecule has 30 heavy (non-hydrogen) atoms. The first kappa shape index (κ1) is 18.6. The molecule has 7 nitrogen and oxygen atoms in total. The molecule has 2 aromatic heterocycles. The van der Waals surface area contributed by atoms with Gasteiger partial charge in [0.2, 0.25) is 6.79 Å². The van der Waals surface area contributed by atoms with E-state index in [1.165, 1.54) is 11.8 Å². The lowest BCUT2D eigenvalue weighted by atomic mass is 10.2. The van der Waals surface area contributed by atoms with Crippen molar-refractivity contribution < 1.29 is 23.1 Å². The Kier molecular flexibility index (Phi) is 4.84. The number of hydrogen-bond donors (Lipinski definition) is 1. The second-order valence-electron chi connectivity index (χ2n) is 6.83. The van der Waals surface area contributed by atoms with Gasteiger partial charge in [0.15, 0.2) is 22.8 Å². The number of aryl methyl sites for hydroxylation is 1. The van der Waals surface area contributed by atoms with Crippen molar-refractivity contribution in [3.05, 3.63) is 71.2 Å². The maximum absolute atomic E-state index is 12.4. The highest BCUT2D eigenvalue weighted by molar-refractivity contribution is 7.98. The van der Waals surface area contributed by atoms with E-state index in [1.54, 1.807) is 12.1 Å². The van der Waals surface area contributed by atoms with Gasteiger partial charge >= 0.3 is 0 Å². The minimum atomic E-state index is -0.276. The van der Waals surface area contributed by atoms with Gasteiger partial charge < -0.3 is 23.6 Å². The van der Waals surface area contributed by atoms with Crippen LogP contribution in [0.3, 0.4) is 0 Å². The van der Waals surface area contributed by atoms with Crippen molar-refractivity contribution >= 4 is 28.8 Å². The Bertz CT molecular complexity index is 1230. The Balaban J connectivity index is 1.18. The third-order valence-electron chi connectivity index (χ3n) is 4.71. The molecular weight excluding hydrogens is 404 g/mol. The van der Waals surface area contributed by atoms with Crippen molar-refractivity contribution in [2.24, 2.45) is 0 Å². The molecule has 8 heteroatoms. The fraction of sp³-hybridized carbons (Fsp3) is 0.182. The molecule has 5 rings (SSSR count). The summed E-state index contributed by atoms with van der Waals surface area (Å²) >= 11 is 1.43. The average Bonchev–Trinajstić information content (AvgIpc) is 3.49. The number of aromatic nitrogens is 1. The lowest BCUT2D eigenvalue weighted by Crippen LogP contribution is -2.22. The number of amides is 1. The van der Waals surface area contributed by atoms with Crippen LogP contribution >= 0.6 is 11.8 Å². The number of rotatable bonds is 6. The quantitative estimate of drug-likeness (QED) is 0.452. The molecule has 2 aromatic carbocycles. The lowest BCUT2D eigenvalue weighted by Gasteiger charge is -2.04. The number of nitrogens with zero attached hydrogens (tertiary/aromatic N) is 1. The number of nitrogens with one attached hydrogen (secondary N) is 1. The molecule has 1 aliphatic heterocycles. The first-order valence-electron chi connectivity index (χ1n) is 9.40. The number of fused-ring (bicyclic) bond motifs is 2. The van der Waals surface area contributed by atoms with Crippen molar-refractivity contribution in [1.82, 2.24) is 10.3 Å². The molecular formula is C22H18N2O5S. The van der Waals surface area contributed by atoms with Crippen LogP contribution < -0.4 is 14.8 Å². The number of para-hydroxylation sites is 1. The van der Waals surface area contributed by atoms with E-state index in [4.69, 9.17) is 18.3 Å². The van der Waals surface area contributed by atoms with E-state index in [-0.39, 0.29) is 18.5 Å². The highest BCUT2D eigenvalue weighted by atomic mass is 32.2. The van der Waals surface area contributed by atoms with Gasteiger partial charge in [0.1, 0.15) is 11.3 Å². The summed E-state index contributed by atoms with van der Waals surface area (Å²) in [4.78, 5) is 16.9. The van der Waals surface area contributed by atoms with Crippen LogP contribution in [-0.4, -0.2) is 17.7 Å². The number of carbonyl (C=O) groups is 1. The van der Waals surface area contributed by atoms with E-state index in [0.717, 1.165) is 22.2 Å². The van der Waals surface area contributed by atoms with Gasteiger partial charge in [0.05, 0.1) is 5.75 Å². The van der Waals surface area contributed by atoms with Crippen LogP contribution in [0.4, 0.5) is 0 Å². The first-order valence-corrected chi connectivity index (χ1v) is 10.4. The van der Waals surface area contributed by atoms with Gasteiger partial charge in [-0.15, -0.1) is 0 Å². The molecule has 0 radical (unpaired) electrons. The number of oxazole rings is 1. The molecule has 0 saturated heterocycles. The highest BCUT2D eigenvalue weighted by Gasteiger charge is 2.16. The van der Waals surface area contributed by atoms with E-state index in [1.807, 2.05) is 43.3 Å². The van der Waals surface area contributed by atoms with Crippen LogP contribution in [0.15, 0.2) is 62.6 Å². The average molecular weight is 422 g/mol. The zero-order valence-corrected chi connectivity index (χ0v) is 17.0. The monoisotopic (exact) mass is 422 g/mol. The minimum absolute atomic E-state index is 0.224. The molecule has 0 bridgehead atoms. The van der Waals surface area contributed by atoms with Crippen LogP contribution in [0.25, 0.3) is 11.1 Å². The van der Waals surface area contributed by atoms with Gasteiger partial charge in [-0.25, -0.2) is 4.98 Å². The van der Waals surface area contributed by atoms with Crippen LogP contribution in [0.5, 0.6) is 11.5 Å². The topological polar surface area (TPSA) is 86.7 Å². The van der Waals surface area contributed by atoms with Crippen molar-refractivity contribution in [1.29, 1.82) is 0 Å². The Labute approximate surface area is 176 Å². The van der Waals surface area contributed by atoms with E-state index >= 15 is 0 Å². The summed E-state index contributed by atoms with van der Waals surface area (Å²) < 4.78 is 22.1. The van der Waals surface area contributed by atoms with Gasteiger partial charge in [-0.3, -0.25) is 4.79 Å². The number of furan rings is 1. The van der Waals surface area contributed by atoms with Crippen LogP contribution in [0.1, 0.15) is 27.4 Å². The van der Waals surface area contributed by atoms with Crippen molar-refractivity contribution in [2.75, 3.05) is 6.79 Å². The maximum atomic E-state index is 12.4. The molecule has 4 aromatic rings. The van der Waals surface area contributed by atoms with Crippen molar-refractivity contribution in [2.45, 2.75) is 24.4 Å². The standard InChI is InChI=1S/C22H18N2O5S/c1-13-3-2-4-17-20(13)24-22(29-17)30-11-15-6-8-18(28-15)21(25)23-10-14-5-7-16-19(9-14)27-12-26-16/h2-9H,10-12H2,1H3,(H,23,25). The summed E-state index contributed by atoms with van der Waals surface area (Å²) in [7, 11) is 0. The second-order valence-corrected chi connectivity index (χ2v) is 7.75. The van der Waals surface area contributed by atoms with Crippen molar-refractivity contribution in [3.8, 4) is 11.5 Å². The molecule has 0 saturated carbocycles. The summed E-state index contributed by atoms with van der Waals surface area (Å²) in [6.45, 7) is 2.59. The first-order chi connectivity index (χ1) is 14.7. The molecule has 0 fully saturated rings. The van der Waals surface area contributed by atoms with Gasteiger partial charge in [0.25, 0.3) is 11.1 Å². The molecule has 0 atom stereocenters. The van der Waals surface area contributed by atoms with Crippen LogP contribution in [0.2, 0.25) is 0 Å². The largest absolute Gasteiger partial charge is 0.455 e. The summed E-state index contributed by atoms with van der Waals surface area (Å²) in [6, 6.07) is 14.9. The maximum Gasteiger partial charge on any atom is 0.287 e. The SMILES string of the molecule is Cc1cccc2oc(SCc3ccc(C(=O)NCc4ccc5c(c4)OCO5)o3)nc12. The zero-order chi connectivity index (χ0) is 20.5. The van der Waals surface area contributed by atoms with Gasteiger partial charge in [-0.2, -0.15) is 0 Å². The van der Waals surface area contributed by atoms with Gasteiger partial charge in [-0.05, 0) is 48.4 Å². The second kappa shape index (κ2) is 7.79. The Morgan fingerprint density at radius 1 is 1.10 bits per heavy atom. The molecule has 1 aliphatic rings. The fourth-order valence-electron chi connectivity index (χ4n) is 3.16. The Morgan fingerprint density at radius 3 is 2.90 bits per heavy atom. The number of hydrogen-bond acceptors (Lipinski definition) is 7. The van der Waals surface area contributed by atoms with Crippen LogP contribution in [0, 0.1) is 6.92 Å². The highest BCUT2D eigenvalue weighted by Crippen LogP contribution is 2.32. The van der Waals surface area contributed by atoms with Gasteiger partial charge in [-0.1, -0.05) is 30.0 Å². The smallest absolute Gasteiger partial charge is 0.287 e. The molecule has 1 N–H and O–H groups in total. The molecule has 3 heterocycles. The third-order valence-corrected chi connectivity index (χ3v) is 5.56. The summed E-state index contributed by atoms with van der Waals surface area (Å²) in [5.74, 6) is 2.58. The minimum Gasteiger partial charge on any atom is -0.455 e. The normalized spacial score (nSPS) is 12.4. The zero-order valence-electron chi connectivity index (χ0n) is 16.1. The number of thioether (sulfide) groups is 1. The summed E-state index contributed by atoms with van der Waals surface area (Å²) in [6.07, 6.45) is 0. The Hall–Kier alpha value is -3.39. The predicted octanol–water partition coefficient (Wildman–Crippen LogP) is 4.68. The molecule has 0 aliphatic carbocycles.